The molecule has 1 aliphatic rings. The average molecular weight is 299 g/mol. The zero-order valence-corrected chi connectivity index (χ0v) is 12.8. The lowest BCUT2D eigenvalue weighted by Gasteiger charge is -2.20. The number of nitrogens with zero attached hydrogens (tertiary/aromatic N) is 1. The number of nitrogens with two attached hydrogens (primary N) is 1. The van der Waals surface area contributed by atoms with Crippen LogP contribution in [0.25, 0.3) is 0 Å². The van der Waals surface area contributed by atoms with Crippen LogP contribution in [0.2, 0.25) is 0 Å². The summed E-state index contributed by atoms with van der Waals surface area (Å²) in [5.74, 6) is 0.333. The van der Waals surface area contributed by atoms with Crippen LogP contribution in [0.1, 0.15) is 29.9 Å². The summed E-state index contributed by atoms with van der Waals surface area (Å²) in [4.78, 5) is 14.5. The van der Waals surface area contributed by atoms with Gasteiger partial charge in [0.15, 0.2) is 5.75 Å². The fourth-order valence-corrected chi connectivity index (χ4v) is 3.48. The lowest BCUT2D eigenvalue weighted by Crippen LogP contribution is -2.29. The van der Waals surface area contributed by atoms with E-state index < -0.39 is 5.60 Å². The van der Waals surface area contributed by atoms with Gasteiger partial charge in [0.05, 0.1) is 12.7 Å². The molecule has 0 aliphatic carbocycles. The smallest absolute Gasteiger partial charge is 0.263 e. The van der Waals surface area contributed by atoms with Crippen molar-refractivity contribution in [1.29, 1.82) is 0 Å². The van der Waals surface area contributed by atoms with Crippen molar-refractivity contribution in [3.63, 3.8) is 0 Å². The molecule has 0 radical (unpaired) electrons. The highest BCUT2D eigenvalue weighted by molar-refractivity contribution is 7.19. The highest BCUT2D eigenvalue weighted by atomic mass is 32.1. The monoisotopic (exact) mass is 299 g/mol. The van der Waals surface area contributed by atoms with E-state index in [-0.39, 0.29) is 5.91 Å². The summed E-state index contributed by atoms with van der Waals surface area (Å²) >= 11 is 1.31. The summed E-state index contributed by atoms with van der Waals surface area (Å²) < 4.78 is 5.35. The van der Waals surface area contributed by atoms with Crippen molar-refractivity contribution in [1.82, 2.24) is 5.32 Å². The van der Waals surface area contributed by atoms with Gasteiger partial charge in [-0.05, 0) is 20.3 Å². The zero-order valence-electron chi connectivity index (χ0n) is 12.0. The molecule has 0 saturated carbocycles. The summed E-state index contributed by atoms with van der Waals surface area (Å²) in [6.07, 6.45) is 0.685. The van der Waals surface area contributed by atoms with Crippen molar-refractivity contribution >= 4 is 27.9 Å². The molecule has 1 amide bonds. The van der Waals surface area contributed by atoms with Gasteiger partial charge in [0.1, 0.15) is 15.6 Å². The molecule has 1 atom stereocenters. The average Bonchev–Trinajstić information content (AvgIpc) is 2.89. The molecule has 0 aromatic carbocycles. The van der Waals surface area contributed by atoms with Gasteiger partial charge in [-0.2, -0.15) is 0 Å². The SMILES string of the molecule is CCNC(=O)c1sc(N2CCC(C)(O)C2)c(OC)c1N. The number of thiophene rings is 1. The highest BCUT2D eigenvalue weighted by Gasteiger charge is 2.35. The third-order valence-corrected chi connectivity index (χ3v) is 4.62. The lowest BCUT2D eigenvalue weighted by atomic mass is 10.1. The number of β-amino-alcohol motifs (C(OH)–C–C–N with tert-alkyl or cyclic N) is 1. The number of nitrogen functional groups attached to an aromatic ring is 1. The van der Waals surface area contributed by atoms with Crippen LogP contribution in [-0.4, -0.2) is 43.4 Å². The number of hydrogen-bond donors (Lipinski definition) is 3. The summed E-state index contributed by atoms with van der Waals surface area (Å²) in [5.41, 5.74) is 5.67. The normalized spacial score (nSPS) is 22.1. The molecular weight excluding hydrogens is 278 g/mol. The molecule has 1 fully saturated rings. The molecule has 1 saturated heterocycles. The molecule has 6 nitrogen and oxygen atoms in total. The minimum Gasteiger partial charge on any atom is -0.492 e. The van der Waals surface area contributed by atoms with Crippen LogP contribution in [-0.2, 0) is 0 Å². The Balaban J connectivity index is 2.34. The molecule has 1 unspecified atom stereocenters. The van der Waals surface area contributed by atoms with Crippen LogP contribution in [0, 0.1) is 0 Å². The van der Waals surface area contributed by atoms with Gasteiger partial charge < -0.3 is 25.8 Å². The predicted molar refractivity (Wildman–Crippen MR) is 80.7 cm³/mol. The van der Waals surface area contributed by atoms with Crippen LogP contribution in [0.5, 0.6) is 5.75 Å². The zero-order chi connectivity index (χ0) is 14.9. The molecule has 0 spiro atoms. The summed E-state index contributed by atoms with van der Waals surface area (Å²) in [6.45, 7) is 5.45. The first kappa shape index (κ1) is 14.9. The second-order valence-electron chi connectivity index (χ2n) is 5.21. The van der Waals surface area contributed by atoms with E-state index in [9.17, 15) is 9.90 Å². The van der Waals surface area contributed by atoms with Crippen LogP contribution < -0.4 is 20.7 Å². The number of carbonyl (C=O) groups is 1. The van der Waals surface area contributed by atoms with Crippen LogP contribution in [0.4, 0.5) is 10.7 Å². The number of ether oxygens (including phenoxy) is 1. The van der Waals surface area contributed by atoms with Crippen molar-refractivity contribution in [3.05, 3.63) is 4.88 Å². The van der Waals surface area contributed by atoms with E-state index in [1.807, 2.05) is 11.8 Å². The quantitative estimate of drug-likeness (QED) is 0.773. The molecule has 1 aliphatic heterocycles. The maximum Gasteiger partial charge on any atom is 0.263 e. The topological polar surface area (TPSA) is 87.8 Å². The Morgan fingerprint density at radius 2 is 2.35 bits per heavy atom. The summed E-state index contributed by atoms with van der Waals surface area (Å²) in [6, 6.07) is 0. The summed E-state index contributed by atoms with van der Waals surface area (Å²) in [7, 11) is 1.54. The fourth-order valence-electron chi connectivity index (χ4n) is 2.35. The van der Waals surface area contributed by atoms with Gasteiger partial charge in [0.25, 0.3) is 5.91 Å². The first-order valence-electron chi connectivity index (χ1n) is 6.61. The van der Waals surface area contributed by atoms with Crippen molar-refractivity contribution in [2.45, 2.75) is 25.9 Å². The van der Waals surface area contributed by atoms with Gasteiger partial charge in [-0.1, -0.05) is 0 Å². The second-order valence-corrected chi connectivity index (χ2v) is 6.21. The Morgan fingerprint density at radius 1 is 1.65 bits per heavy atom. The largest absolute Gasteiger partial charge is 0.492 e. The Labute approximate surface area is 122 Å². The molecule has 112 valence electrons. The number of carbonyl (C=O) groups excluding carboxylic acids is 1. The highest BCUT2D eigenvalue weighted by Crippen LogP contribution is 2.46. The number of anilines is 2. The van der Waals surface area contributed by atoms with Gasteiger partial charge in [-0.25, -0.2) is 0 Å². The third kappa shape index (κ3) is 2.69. The Hall–Kier alpha value is -1.47. The fraction of sp³-hybridized carbons (Fsp3) is 0.615. The first-order chi connectivity index (χ1) is 9.39. The molecule has 20 heavy (non-hydrogen) atoms. The van der Waals surface area contributed by atoms with Crippen molar-refractivity contribution in [3.8, 4) is 5.75 Å². The number of hydrogen-bond acceptors (Lipinski definition) is 6. The van der Waals surface area contributed by atoms with Gasteiger partial charge >= 0.3 is 0 Å². The lowest BCUT2D eigenvalue weighted by molar-refractivity contribution is 0.0839. The molecule has 4 N–H and O–H groups in total. The first-order valence-corrected chi connectivity index (χ1v) is 7.43. The molecule has 2 heterocycles. The van der Waals surface area contributed by atoms with E-state index in [2.05, 4.69) is 5.32 Å². The minimum absolute atomic E-state index is 0.189. The van der Waals surface area contributed by atoms with Crippen molar-refractivity contribution in [2.75, 3.05) is 37.4 Å². The van der Waals surface area contributed by atoms with Gasteiger partial charge in [0, 0.05) is 19.6 Å². The standard InChI is InChI=1S/C13H21N3O3S/c1-4-15-11(17)10-8(14)9(19-3)12(20-10)16-6-5-13(2,18)7-16/h18H,4-7,14H2,1-3H3,(H,15,17). The number of nitrogens with one attached hydrogen (secondary N) is 1. The Bertz CT molecular complexity index is 513. The van der Waals surface area contributed by atoms with E-state index in [4.69, 9.17) is 10.5 Å². The van der Waals surface area contributed by atoms with Gasteiger partial charge in [-0.3, -0.25) is 4.79 Å². The number of amides is 1. The molecular formula is C13H21N3O3S. The molecule has 1 aromatic heterocycles. The van der Waals surface area contributed by atoms with Crippen LogP contribution >= 0.6 is 11.3 Å². The summed E-state index contributed by atoms with van der Waals surface area (Å²) in [5, 5.41) is 13.6. The van der Waals surface area contributed by atoms with E-state index in [1.54, 1.807) is 6.92 Å². The molecule has 0 bridgehead atoms. The maximum atomic E-state index is 12.0. The van der Waals surface area contributed by atoms with Gasteiger partial charge in [0.2, 0.25) is 0 Å². The van der Waals surface area contributed by atoms with Crippen LogP contribution in [0.15, 0.2) is 0 Å². The molecule has 2 rings (SSSR count). The van der Waals surface area contributed by atoms with Crippen molar-refractivity contribution < 1.29 is 14.6 Å². The number of methoxy groups -OCH3 is 1. The molecule has 1 aromatic rings. The van der Waals surface area contributed by atoms with E-state index >= 15 is 0 Å². The minimum atomic E-state index is -0.713. The maximum absolute atomic E-state index is 12.0. The van der Waals surface area contributed by atoms with E-state index in [0.717, 1.165) is 11.5 Å². The predicted octanol–water partition coefficient (Wildman–Crippen LogP) is 1.05. The third-order valence-electron chi connectivity index (χ3n) is 3.37. The Kier molecular flexibility index (Phi) is 4.10. The van der Waals surface area contributed by atoms with E-state index in [0.29, 0.717) is 35.8 Å². The van der Waals surface area contributed by atoms with Gasteiger partial charge in [-0.15, -0.1) is 11.3 Å². The molecule has 7 heteroatoms. The number of aliphatic hydroxyl groups is 1. The second kappa shape index (κ2) is 5.49. The van der Waals surface area contributed by atoms with Crippen LogP contribution in [0.3, 0.4) is 0 Å². The Morgan fingerprint density at radius 3 is 2.85 bits per heavy atom. The van der Waals surface area contributed by atoms with Crippen molar-refractivity contribution in [2.24, 2.45) is 0 Å². The number of rotatable bonds is 4. The van der Waals surface area contributed by atoms with E-state index in [1.165, 1.54) is 18.4 Å².